The average molecular weight is 246 g/mol. The van der Waals surface area contributed by atoms with Crippen molar-refractivity contribution < 1.29 is 0 Å². The van der Waals surface area contributed by atoms with E-state index in [1.807, 2.05) is 15.4 Å². The number of rotatable bonds is 3. The van der Waals surface area contributed by atoms with Crippen LogP contribution in [-0.2, 0) is 6.54 Å². The van der Waals surface area contributed by atoms with Crippen LogP contribution in [0, 0.1) is 0 Å². The monoisotopic (exact) mass is 246 g/mol. The summed E-state index contributed by atoms with van der Waals surface area (Å²) in [5, 5.41) is 3.24. The van der Waals surface area contributed by atoms with E-state index in [0.29, 0.717) is 12.6 Å². The van der Waals surface area contributed by atoms with Crippen molar-refractivity contribution in [3.05, 3.63) is 40.8 Å². The Balaban J connectivity index is 1.79. The Morgan fingerprint density at radius 2 is 2.17 bits per heavy atom. The first-order chi connectivity index (χ1) is 8.83. The van der Waals surface area contributed by atoms with E-state index in [9.17, 15) is 4.79 Å². The summed E-state index contributed by atoms with van der Waals surface area (Å²) in [7, 11) is 0. The number of aromatic nitrogens is 4. The molecule has 18 heavy (non-hydrogen) atoms. The molecule has 1 saturated carbocycles. The summed E-state index contributed by atoms with van der Waals surface area (Å²) in [5.74, 6) is 0. The van der Waals surface area contributed by atoms with Crippen LogP contribution >= 0.6 is 0 Å². The quantitative estimate of drug-likeness (QED) is 0.899. The third-order valence-electron chi connectivity index (χ3n) is 3.65. The van der Waals surface area contributed by atoms with E-state index in [2.05, 4.69) is 10.1 Å². The molecule has 0 bridgehead atoms. The van der Waals surface area contributed by atoms with Gasteiger partial charge in [0.05, 0.1) is 24.6 Å². The number of nitrogens with zero attached hydrogens (tertiary/aromatic N) is 3. The lowest BCUT2D eigenvalue weighted by molar-refractivity contribution is 0.321. The molecule has 0 spiro atoms. The number of aromatic amines is 1. The maximum Gasteiger partial charge on any atom is 0.267 e. The molecule has 0 amide bonds. The molecule has 0 unspecified atom stereocenters. The molecule has 2 aromatic rings. The van der Waals surface area contributed by atoms with E-state index in [4.69, 9.17) is 0 Å². The van der Waals surface area contributed by atoms with Gasteiger partial charge >= 0.3 is 0 Å². The highest BCUT2D eigenvalue weighted by Crippen LogP contribution is 2.26. The van der Waals surface area contributed by atoms with Crippen molar-refractivity contribution in [3.8, 4) is 0 Å². The zero-order chi connectivity index (χ0) is 12.4. The second kappa shape index (κ2) is 4.84. The predicted molar refractivity (Wildman–Crippen MR) is 68.5 cm³/mol. The van der Waals surface area contributed by atoms with Crippen LogP contribution in [0.1, 0.15) is 43.8 Å². The van der Waals surface area contributed by atoms with Crippen molar-refractivity contribution >= 4 is 0 Å². The maximum absolute atomic E-state index is 12.0. The van der Waals surface area contributed by atoms with Crippen LogP contribution < -0.4 is 5.56 Å². The Morgan fingerprint density at radius 1 is 1.33 bits per heavy atom. The molecule has 0 saturated heterocycles. The second-order valence-corrected chi connectivity index (χ2v) is 5.02. The fourth-order valence-electron chi connectivity index (χ4n) is 2.73. The Kier molecular flexibility index (Phi) is 3.04. The number of nitrogens with one attached hydrogen (secondary N) is 1. The number of hydrogen-bond donors (Lipinski definition) is 1. The molecule has 0 radical (unpaired) electrons. The molecular weight excluding hydrogens is 228 g/mol. The van der Waals surface area contributed by atoms with Gasteiger partial charge in [-0.15, -0.1) is 0 Å². The molecule has 0 atom stereocenters. The third-order valence-corrected chi connectivity index (χ3v) is 3.65. The Hall–Kier alpha value is -1.78. The first kappa shape index (κ1) is 11.3. The van der Waals surface area contributed by atoms with E-state index in [0.717, 1.165) is 18.5 Å². The Bertz CT molecular complexity index is 546. The van der Waals surface area contributed by atoms with Crippen LogP contribution in [0.3, 0.4) is 0 Å². The van der Waals surface area contributed by atoms with Gasteiger partial charge < -0.3 is 4.57 Å². The van der Waals surface area contributed by atoms with Crippen LogP contribution in [0.2, 0.25) is 0 Å². The van der Waals surface area contributed by atoms with Gasteiger partial charge in [-0.3, -0.25) is 9.89 Å². The molecule has 0 aliphatic heterocycles. The van der Waals surface area contributed by atoms with Crippen molar-refractivity contribution in [3.63, 3.8) is 0 Å². The Morgan fingerprint density at radius 3 is 2.89 bits per heavy atom. The minimum absolute atomic E-state index is 0.0945. The fraction of sp³-hybridized carbons (Fsp3) is 0.538. The summed E-state index contributed by atoms with van der Waals surface area (Å²) in [4.78, 5) is 16.0. The molecule has 1 fully saturated rings. The predicted octanol–water partition coefficient (Wildman–Crippen LogP) is 1.93. The first-order valence-electron chi connectivity index (χ1n) is 6.59. The molecule has 0 aromatic carbocycles. The molecule has 1 aliphatic carbocycles. The minimum Gasteiger partial charge on any atom is -0.332 e. The topological polar surface area (TPSA) is 55.6 Å². The maximum atomic E-state index is 12.0. The summed E-state index contributed by atoms with van der Waals surface area (Å²) in [5.41, 5.74) is 1.04. The van der Waals surface area contributed by atoms with E-state index < -0.39 is 0 Å². The van der Waals surface area contributed by atoms with E-state index >= 15 is 0 Å². The molecular formula is C13H18N4O. The van der Waals surface area contributed by atoms with Gasteiger partial charge in [-0.2, -0.15) is 0 Å². The first-order valence-corrected chi connectivity index (χ1v) is 6.59. The van der Waals surface area contributed by atoms with Gasteiger partial charge in [-0.05, 0) is 12.8 Å². The summed E-state index contributed by atoms with van der Waals surface area (Å²) in [6, 6.07) is 2.07. The second-order valence-electron chi connectivity index (χ2n) is 5.02. The summed E-state index contributed by atoms with van der Waals surface area (Å²) in [6.07, 6.45) is 11.4. The zero-order valence-corrected chi connectivity index (χ0v) is 10.4. The molecule has 5 nitrogen and oxygen atoms in total. The minimum atomic E-state index is 0.0945. The smallest absolute Gasteiger partial charge is 0.267 e. The standard InChI is InChI=1S/C13H18N4O/c18-13-8-11(9-16-7-6-14-10-16)15-17(13)12-4-2-1-3-5-12/h6-8,10,12,15H,1-5,9H2. The van der Waals surface area contributed by atoms with Crippen LogP contribution in [0.15, 0.2) is 29.6 Å². The van der Waals surface area contributed by atoms with Crippen molar-refractivity contribution in [2.24, 2.45) is 0 Å². The molecule has 2 aromatic heterocycles. The molecule has 1 aliphatic rings. The molecule has 96 valence electrons. The highest BCUT2D eigenvalue weighted by Gasteiger charge is 2.17. The van der Waals surface area contributed by atoms with E-state index in [1.54, 1.807) is 18.6 Å². The lowest BCUT2D eigenvalue weighted by Gasteiger charge is -2.22. The van der Waals surface area contributed by atoms with E-state index in [-0.39, 0.29) is 5.56 Å². The van der Waals surface area contributed by atoms with Gasteiger partial charge in [0.1, 0.15) is 0 Å². The average Bonchev–Trinajstić information content (AvgIpc) is 3.01. The normalized spacial score (nSPS) is 17.1. The molecule has 5 heteroatoms. The van der Waals surface area contributed by atoms with E-state index in [1.165, 1.54) is 19.3 Å². The highest BCUT2D eigenvalue weighted by molar-refractivity contribution is 5.02. The van der Waals surface area contributed by atoms with Gasteiger partial charge in [0.2, 0.25) is 0 Å². The number of H-pyrrole nitrogens is 1. The summed E-state index contributed by atoms with van der Waals surface area (Å²) in [6.45, 7) is 0.676. The summed E-state index contributed by atoms with van der Waals surface area (Å²) >= 11 is 0. The van der Waals surface area contributed by atoms with Crippen LogP contribution in [0.5, 0.6) is 0 Å². The lowest BCUT2D eigenvalue weighted by atomic mass is 9.96. The van der Waals surface area contributed by atoms with Gasteiger partial charge in [0.15, 0.2) is 0 Å². The van der Waals surface area contributed by atoms with Crippen molar-refractivity contribution in [2.45, 2.75) is 44.7 Å². The fourth-order valence-corrected chi connectivity index (χ4v) is 2.73. The zero-order valence-electron chi connectivity index (χ0n) is 10.4. The molecule has 3 rings (SSSR count). The molecule has 2 heterocycles. The summed E-state index contributed by atoms with van der Waals surface area (Å²) < 4.78 is 3.77. The largest absolute Gasteiger partial charge is 0.332 e. The number of hydrogen-bond acceptors (Lipinski definition) is 2. The van der Waals surface area contributed by atoms with Gasteiger partial charge in [0, 0.05) is 18.5 Å². The highest BCUT2D eigenvalue weighted by atomic mass is 16.1. The lowest BCUT2D eigenvalue weighted by Crippen LogP contribution is -2.23. The van der Waals surface area contributed by atoms with Crippen LogP contribution in [-0.4, -0.2) is 19.3 Å². The SMILES string of the molecule is O=c1cc(Cn2ccnc2)[nH]n1C1CCCCC1. The number of imidazole rings is 1. The van der Waals surface area contributed by atoms with Crippen molar-refractivity contribution in [2.75, 3.05) is 0 Å². The van der Waals surface area contributed by atoms with Crippen LogP contribution in [0.25, 0.3) is 0 Å². The third kappa shape index (κ3) is 2.25. The van der Waals surface area contributed by atoms with Gasteiger partial charge in [-0.25, -0.2) is 9.67 Å². The van der Waals surface area contributed by atoms with Crippen LogP contribution in [0.4, 0.5) is 0 Å². The van der Waals surface area contributed by atoms with Crippen molar-refractivity contribution in [1.82, 2.24) is 19.3 Å². The van der Waals surface area contributed by atoms with Gasteiger partial charge in [-0.1, -0.05) is 19.3 Å². The molecule has 1 N–H and O–H groups in total. The Labute approximate surface area is 105 Å². The van der Waals surface area contributed by atoms with Gasteiger partial charge in [0.25, 0.3) is 5.56 Å². The van der Waals surface area contributed by atoms with Crippen molar-refractivity contribution in [1.29, 1.82) is 0 Å².